The molecule has 100 valence electrons. The summed E-state index contributed by atoms with van der Waals surface area (Å²) in [6.07, 6.45) is -4.06. The number of hydrogen-bond donors (Lipinski definition) is 1. The highest BCUT2D eigenvalue weighted by Crippen LogP contribution is 2.29. The molecule has 0 atom stereocenters. The van der Waals surface area contributed by atoms with E-state index >= 15 is 0 Å². The van der Waals surface area contributed by atoms with Gasteiger partial charge in [0, 0.05) is 0 Å². The van der Waals surface area contributed by atoms with Crippen molar-refractivity contribution in [3.63, 3.8) is 0 Å². The van der Waals surface area contributed by atoms with E-state index in [1.54, 1.807) is 18.3 Å². The first-order valence-corrected chi connectivity index (χ1v) is 4.91. The van der Waals surface area contributed by atoms with Crippen molar-refractivity contribution in [1.29, 1.82) is 0 Å². The van der Waals surface area contributed by atoms with E-state index in [0.29, 0.717) is 5.56 Å². The molecule has 1 aromatic carbocycles. The molecule has 0 radical (unpaired) electrons. The number of nitrogens with one attached hydrogen (secondary N) is 1. The van der Waals surface area contributed by atoms with Crippen LogP contribution in [-0.4, -0.2) is 25.4 Å². The number of benzene rings is 1. The first kappa shape index (κ1) is 14.3. The molecule has 1 aromatic rings. The Morgan fingerprint density at radius 1 is 1.39 bits per heavy atom. The van der Waals surface area contributed by atoms with Crippen LogP contribution in [0.4, 0.5) is 23.2 Å². The van der Waals surface area contributed by atoms with E-state index in [0.717, 1.165) is 0 Å². The molecule has 0 heterocycles. The van der Waals surface area contributed by atoms with Crippen LogP contribution in [0.15, 0.2) is 18.2 Å². The highest BCUT2D eigenvalue weighted by atomic mass is 19.3. The lowest BCUT2D eigenvalue weighted by atomic mass is 10.2. The summed E-state index contributed by atoms with van der Waals surface area (Å²) in [6.45, 7) is 1.65. The Kier molecular flexibility index (Phi) is 4.15. The van der Waals surface area contributed by atoms with E-state index in [1.807, 2.05) is 0 Å². The van der Waals surface area contributed by atoms with Gasteiger partial charge >= 0.3 is 18.3 Å². The molecule has 3 nitrogen and oxygen atoms in total. The highest BCUT2D eigenvalue weighted by Gasteiger charge is 2.49. The summed E-state index contributed by atoms with van der Waals surface area (Å²) in [4.78, 5) is 11.1. The fourth-order valence-electron chi connectivity index (χ4n) is 1.22. The number of carbonyl (C=O) groups is 1. The number of hydrogen-bond acceptors (Lipinski definition) is 2. The molecule has 0 saturated heterocycles. The van der Waals surface area contributed by atoms with Crippen LogP contribution in [0.2, 0.25) is 0 Å². The van der Waals surface area contributed by atoms with Crippen LogP contribution in [0.3, 0.4) is 0 Å². The smallest absolute Gasteiger partial charge is 0.383 e. The van der Waals surface area contributed by atoms with Crippen LogP contribution < -0.4 is 10.1 Å². The molecule has 0 aliphatic rings. The molecule has 1 N–H and O–H groups in total. The molecule has 0 aromatic heterocycles. The van der Waals surface area contributed by atoms with Crippen molar-refractivity contribution in [3.05, 3.63) is 23.8 Å². The number of halogens is 4. The lowest BCUT2D eigenvalue weighted by Gasteiger charge is -2.16. The second kappa shape index (κ2) is 5.24. The van der Waals surface area contributed by atoms with Crippen molar-refractivity contribution in [2.75, 3.05) is 12.4 Å². The molecule has 0 fully saturated rings. The standard InChI is InChI=1S/C11H11F4NO2/c1-6-3-4-8(18-2)7(5-6)16-10(17)11(14,15)9(12)13/h3-5,9H,1-2H3,(H,16,17). The second-order valence-electron chi connectivity index (χ2n) is 3.58. The maximum atomic E-state index is 12.8. The third kappa shape index (κ3) is 2.91. The van der Waals surface area contributed by atoms with Gasteiger partial charge in [0.05, 0.1) is 12.8 Å². The minimum absolute atomic E-state index is 0.0807. The summed E-state index contributed by atoms with van der Waals surface area (Å²) < 4.78 is 54.3. The molecular formula is C11H11F4NO2. The Hall–Kier alpha value is -1.79. The number of methoxy groups -OCH3 is 1. The lowest BCUT2D eigenvalue weighted by molar-refractivity contribution is -0.163. The average Bonchev–Trinajstić information content (AvgIpc) is 2.29. The Labute approximate surface area is 101 Å². The van der Waals surface area contributed by atoms with Gasteiger partial charge in [-0.1, -0.05) is 6.07 Å². The van der Waals surface area contributed by atoms with Crippen LogP contribution in [0.25, 0.3) is 0 Å². The molecule has 0 spiro atoms. The number of rotatable bonds is 4. The van der Waals surface area contributed by atoms with Crippen LogP contribution in [0.1, 0.15) is 5.56 Å². The SMILES string of the molecule is COc1ccc(C)cc1NC(=O)C(F)(F)C(F)F. The molecule has 0 aliphatic carbocycles. The fourth-order valence-corrected chi connectivity index (χ4v) is 1.22. The maximum absolute atomic E-state index is 12.8. The monoisotopic (exact) mass is 265 g/mol. The number of aryl methyl sites for hydroxylation is 1. The van der Waals surface area contributed by atoms with Gasteiger partial charge in [-0.2, -0.15) is 8.78 Å². The van der Waals surface area contributed by atoms with Crippen molar-refractivity contribution in [2.24, 2.45) is 0 Å². The summed E-state index contributed by atoms with van der Waals surface area (Å²) in [7, 11) is 1.27. The molecule has 0 bridgehead atoms. The van der Waals surface area contributed by atoms with E-state index in [9.17, 15) is 22.4 Å². The number of ether oxygens (including phenoxy) is 1. The molecule has 7 heteroatoms. The third-order valence-corrected chi connectivity index (χ3v) is 2.18. The zero-order valence-electron chi connectivity index (χ0n) is 9.64. The van der Waals surface area contributed by atoms with Crippen LogP contribution in [0, 0.1) is 6.92 Å². The van der Waals surface area contributed by atoms with Crippen LogP contribution in [0.5, 0.6) is 5.75 Å². The highest BCUT2D eigenvalue weighted by molar-refractivity contribution is 5.97. The second-order valence-corrected chi connectivity index (χ2v) is 3.58. The van der Waals surface area contributed by atoms with E-state index in [1.165, 1.54) is 19.2 Å². The maximum Gasteiger partial charge on any atom is 0.383 e. The molecule has 1 amide bonds. The molecular weight excluding hydrogens is 254 g/mol. The number of alkyl halides is 4. The van der Waals surface area contributed by atoms with Crippen molar-refractivity contribution in [2.45, 2.75) is 19.3 Å². The van der Waals surface area contributed by atoms with Gasteiger partial charge in [-0.3, -0.25) is 4.79 Å². The van der Waals surface area contributed by atoms with Crippen molar-refractivity contribution < 1.29 is 27.1 Å². The predicted molar refractivity (Wildman–Crippen MR) is 57.3 cm³/mol. The van der Waals surface area contributed by atoms with Gasteiger partial charge in [-0.05, 0) is 24.6 Å². The zero-order chi connectivity index (χ0) is 13.9. The number of amides is 1. The molecule has 18 heavy (non-hydrogen) atoms. The summed E-state index contributed by atoms with van der Waals surface area (Å²) in [6, 6.07) is 4.41. The minimum atomic E-state index is -4.74. The summed E-state index contributed by atoms with van der Waals surface area (Å²) in [5.74, 6) is -6.70. The van der Waals surface area contributed by atoms with Crippen LogP contribution in [-0.2, 0) is 4.79 Å². The lowest BCUT2D eigenvalue weighted by Crippen LogP contribution is -2.41. The van der Waals surface area contributed by atoms with E-state index in [4.69, 9.17) is 4.74 Å². The summed E-state index contributed by atoms with van der Waals surface area (Å²) in [5, 5.41) is 1.73. The van der Waals surface area contributed by atoms with Gasteiger partial charge in [-0.25, -0.2) is 8.78 Å². The third-order valence-electron chi connectivity index (χ3n) is 2.18. The van der Waals surface area contributed by atoms with Gasteiger partial charge in [0.2, 0.25) is 0 Å². The fraction of sp³-hybridized carbons (Fsp3) is 0.364. The normalized spacial score (nSPS) is 11.5. The Morgan fingerprint density at radius 2 is 2.00 bits per heavy atom. The molecule has 1 rings (SSSR count). The minimum Gasteiger partial charge on any atom is -0.495 e. The van der Waals surface area contributed by atoms with Gasteiger partial charge in [-0.15, -0.1) is 0 Å². The van der Waals surface area contributed by atoms with Gasteiger partial charge in [0.1, 0.15) is 5.75 Å². The Bertz CT molecular complexity index is 449. The van der Waals surface area contributed by atoms with Gasteiger partial charge in [0.25, 0.3) is 0 Å². The molecule has 0 unspecified atom stereocenters. The Morgan fingerprint density at radius 3 is 2.50 bits per heavy atom. The van der Waals surface area contributed by atoms with Crippen molar-refractivity contribution in [3.8, 4) is 5.75 Å². The quantitative estimate of drug-likeness (QED) is 0.850. The van der Waals surface area contributed by atoms with E-state index in [2.05, 4.69) is 0 Å². The van der Waals surface area contributed by atoms with E-state index in [-0.39, 0.29) is 11.4 Å². The van der Waals surface area contributed by atoms with Gasteiger partial charge in [0.15, 0.2) is 0 Å². The first-order chi connectivity index (χ1) is 8.28. The van der Waals surface area contributed by atoms with Crippen molar-refractivity contribution >= 4 is 11.6 Å². The molecule has 0 saturated carbocycles. The zero-order valence-corrected chi connectivity index (χ0v) is 9.64. The summed E-state index contributed by atoms with van der Waals surface area (Å²) >= 11 is 0. The predicted octanol–water partition coefficient (Wildman–Crippen LogP) is 2.84. The van der Waals surface area contributed by atoms with Crippen LogP contribution >= 0.6 is 0 Å². The van der Waals surface area contributed by atoms with Crippen molar-refractivity contribution in [1.82, 2.24) is 0 Å². The topological polar surface area (TPSA) is 38.3 Å². The number of carbonyl (C=O) groups excluding carboxylic acids is 1. The van der Waals surface area contributed by atoms with Gasteiger partial charge < -0.3 is 10.1 Å². The average molecular weight is 265 g/mol. The Balaban J connectivity index is 2.98. The largest absolute Gasteiger partial charge is 0.495 e. The number of anilines is 1. The van der Waals surface area contributed by atoms with E-state index < -0.39 is 18.3 Å². The summed E-state index contributed by atoms with van der Waals surface area (Å²) in [5.41, 5.74) is 0.578. The molecule has 0 aliphatic heterocycles. The first-order valence-electron chi connectivity index (χ1n) is 4.91.